The second-order valence-corrected chi connectivity index (χ2v) is 11.8. The van der Waals surface area contributed by atoms with Gasteiger partial charge in [-0.3, -0.25) is 14.8 Å². The van der Waals surface area contributed by atoms with Crippen molar-refractivity contribution in [2.45, 2.75) is 25.2 Å². The Hall–Kier alpha value is -3.51. The molecule has 9 nitrogen and oxygen atoms in total. The number of carbonyl (C=O) groups excluding carboxylic acids is 1. The molecule has 3 aromatic heterocycles. The summed E-state index contributed by atoms with van der Waals surface area (Å²) in [4.78, 5) is 24.7. The number of piperazine rings is 1. The number of hydrogen-bond acceptors (Lipinski definition) is 7. The standard InChI is InChI=1S/C28H25Cl2FN8OS/c29-21-12-19(16-1-3-18(4-2-16)37-8-5-32-6-9-37)23(30)24-20(21)14-39(36-24)26(27(40)35-28-33-7-10-41-28)25-22-11-17(31)13-38(22)15-34-25/h1-4,7,10,12,14-15,17,26,32H,5-6,8-9,11,13H2,(H,33,35,40). The van der Waals surface area contributed by atoms with Gasteiger partial charge in [-0.2, -0.15) is 5.10 Å². The van der Waals surface area contributed by atoms with E-state index in [4.69, 9.17) is 28.3 Å². The minimum absolute atomic E-state index is 0.173. The van der Waals surface area contributed by atoms with Gasteiger partial charge in [0.1, 0.15) is 11.7 Å². The first-order valence-electron chi connectivity index (χ1n) is 13.3. The Labute approximate surface area is 248 Å². The summed E-state index contributed by atoms with van der Waals surface area (Å²) in [5.41, 5.74) is 4.37. The van der Waals surface area contributed by atoms with E-state index >= 15 is 0 Å². The molecule has 2 N–H and O–H groups in total. The molecular weight excluding hydrogens is 586 g/mol. The molecule has 1 saturated heterocycles. The summed E-state index contributed by atoms with van der Waals surface area (Å²) in [6, 6.07) is 9.08. The number of alkyl halides is 1. The third-order valence-corrected chi connectivity index (χ3v) is 8.97. The van der Waals surface area contributed by atoms with Crippen LogP contribution in [0.2, 0.25) is 10.0 Å². The number of anilines is 2. The molecule has 0 aliphatic carbocycles. The van der Waals surface area contributed by atoms with Gasteiger partial charge in [0.2, 0.25) is 0 Å². The molecule has 2 atom stereocenters. The molecule has 13 heteroatoms. The predicted octanol–water partition coefficient (Wildman–Crippen LogP) is 5.20. The normalized spacial score (nSPS) is 17.6. The van der Waals surface area contributed by atoms with Crippen molar-refractivity contribution in [3.05, 3.63) is 75.9 Å². The molecule has 5 aromatic rings. The van der Waals surface area contributed by atoms with Gasteiger partial charge in [0.05, 0.1) is 28.6 Å². The molecule has 0 saturated carbocycles. The fourth-order valence-electron chi connectivity index (χ4n) is 5.59. The molecule has 0 spiro atoms. The number of fused-ring (bicyclic) bond motifs is 2. The number of halogens is 3. The minimum Gasteiger partial charge on any atom is -0.369 e. The molecule has 2 unspecified atom stereocenters. The number of aromatic nitrogens is 5. The van der Waals surface area contributed by atoms with Crippen molar-refractivity contribution in [1.29, 1.82) is 0 Å². The number of hydrogen-bond donors (Lipinski definition) is 2. The number of nitrogens with zero attached hydrogens (tertiary/aromatic N) is 6. The number of rotatable bonds is 6. The van der Waals surface area contributed by atoms with Crippen molar-refractivity contribution in [1.82, 2.24) is 29.6 Å². The third kappa shape index (κ3) is 4.86. The van der Waals surface area contributed by atoms with Gasteiger partial charge in [-0.1, -0.05) is 35.3 Å². The smallest absolute Gasteiger partial charge is 0.257 e. The summed E-state index contributed by atoms with van der Waals surface area (Å²) in [5.74, 6) is -0.396. The van der Waals surface area contributed by atoms with Gasteiger partial charge < -0.3 is 14.8 Å². The highest BCUT2D eigenvalue weighted by Crippen LogP contribution is 2.40. The van der Waals surface area contributed by atoms with Crippen molar-refractivity contribution in [3.63, 3.8) is 0 Å². The van der Waals surface area contributed by atoms with Crippen LogP contribution in [0.25, 0.3) is 22.0 Å². The molecule has 2 aliphatic rings. The topological polar surface area (TPSA) is 92.9 Å². The maximum absolute atomic E-state index is 14.3. The number of imidazole rings is 1. The highest BCUT2D eigenvalue weighted by Gasteiger charge is 2.34. The predicted molar refractivity (Wildman–Crippen MR) is 160 cm³/mol. The number of benzene rings is 2. The van der Waals surface area contributed by atoms with E-state index in [1.807, 2.05) is 18.2 Å². The lowest BCUT2D eigenvalue weighted by Crippen LogP contribution is -2.43. The summed E-state index contributed by atoms with van der Waals surface area (Å²) in [7, 11) is 0. The highest BCUT2D eigenvalue weighted by atomic mass is 35.5. The summed E-state index contributed by atoms with van der Waals surface area (Å²) >= 11 is 15.0. The Bertz CT molecular complexity index is 1730. The summed E-state index contributed by atoms with van der Waals surface area (Å²) in [5, 5.41) is 14.7. The number of thiazole rings is 1. The summed E-state index contributed by atoms with van der Waals surface area (Å²) in [6.45, 7) is 4.04. The van der Waals surface area contributed by atoms with Crippen LogP contribution < -0.4 is 15.5 Å². The van der Waals surface area contributed by atoms with E-state index in [0.29, 0.717) is 37.5 Å². The van der Waals surface area contributed by atoms with Crippen LogP contribution in [-0.2, 0) is 17.8 Å². The monoisotopic (exact) mass is 610 g/mol. The van der Waals surface area contributed by atoms with Crippen LogP contribution in [0.1, 0.15) is 17.4 Å². The average Bonchev–Trinajstić information content (AvgIpc) is 3.78. The first-order chi connectivity index (χ1) is 20.0. The zero-order valence-corrected chi connectivity index (χ0v) is 24.1. The lowest BCUT2D eigenvalue weighted by Gasteiger charge is -2.29. The van der Waals surface area contributed by atoms with Crippen molar-refractivity contribution in [2.24, 2.45) is 0 Å². The van der Waals surface area contributed by atoms with E-state index in [0.717, 1.165) is 43.0 Å². The Kier molecular flexibility index (Phi) is 6.90. The fourth-order valence-corrected chi connectivity index (χ4v) is 6.67. The quantitative estimate of drug-likeness (QED) is 0.275. The first kappa shape index (κ1) is 26.4. The molecule has 0 bridgehead atoms. The van der Waals surface area contributed by atoms with Gasteiger partial charge in [-0.05, 0) is 23.8 Å². The molecule has 1 fully saturated rings. The number of amides is 1. The Balaban J connectivity index is 1.28. The van der Waals surface area contributed by atoms with Crippen LogP contribution in [0.5, 0.6) is 0 Å². The molecule has 41 heavy (non-hydrogen) atoms. The summed E-state index contributed by atoms with van der Waals surface area (Å²) < 4.78 is 17.5. The molecule has 5 heterocycles. The van der Waals surface area contributed by atoms with Crippen molar-refractivity contribution in [3.8, 4) is 11.1 Å². The van der Waals surface area contributed by atoms with E-state index in [2.05, 4.69) is 37.6 Å². The van der Waals surface area contributed by atoms with E-state index in [1.165, 1.54) is 16.0 Å². The molecular formula is C28H25Cl2FN8OS. The van der Waals surface area contributed by atoms with Crippen LogP contribution in [0, 0.1) is 0 Å². The van der Waals surface area contributed by atoms with Crippen LogP contribution in [0.3, 0.4) is 0 Å². The van der Waals surface area contributed by atoms with Gasteiger partial charge in [-0.25, -0.2) is 14.4 Å². The molecule has 210 valence electrons. The van der Waals surface area contributed by atoms with Gasteiger partial charge in [0, 0.05) is 72.7 Å². The number of nitrogens with one attached hydrogen (secondary N) is 2. The highest BCUT2D eigenvalue weighted by molar-refractivity contribution is 7.13. The Morgan fingerprint density at radius 3 is 2.73 bits per heavy atom. The lowest BCUT2D eigenvalue weighted by molar-refractivity contribution is -0.118. The second kappa shape index (κ2) is 10.7. The molecule has 0 radical (unpaired) electrons. The lowest BCUT2D eigenvalue weighted by atomic mass is 10.0. The van der Waals surface area contributed by atoms with Crippen LogP contribution >= 0.6 is 34.5 Å². The SMILES string of the molecule is O=C(Nc1nccs1)C(c1ncn2c1CC(F)C2)n1cc2c(Cl)cc(-c3ccc(N4CCNCC4)cc3)c(Cl)c2n1. The van der Waals surface area contributed by atoms with Crippen LogP contribution in [0.15, 0.2) is 54.4 Å². The van der Waals surface area contributed by atoms with E-state index in [9.17, 15) is 9.18 Å². The van der Waals surface area contributed by atoms with Crippen LogP contribution in [-0.4, -0.2) is 62.6 Å². The molecule has 1 amide bonds. The molecule has 2 aliphatic heterocycles. The number of carbonyl (C=O) groups is 1. The zero-order valence-electron chi connectivity index (χ0n) is 21.7. The summed E-state index contributed by atoms with van der Waals surface area (Å²) in [6.07, 6.45) is 4.01. The minimum atomic E-state index is -1.03. The molecule has 2 aromatic carbocycles. The first-order valence-corrected chi connectivity index (χ1v) is 14.9. The van der Waals surface area contributed by atoms with Crippen LogP contribution in [0.4, 0.5) is 15.2 Å². The molecule has 7 rings (SSSR count). The second-order valence-electron chi connectivity index (χ2n) is 10.1. The van der Waals surface area contributed by atoms with Gasteiger partial charge in [0.15, 0.2) is 11.2 Å². The van der Waals surface area contributed by atoms with E-state index in [-0.39, 0.29) is 13.0 Å². The van der Waals surface area contributed by atoms with Crippen molar-refractivity contribution < 1.29 is 9.18 Å². The Morgan fingerprint density at radius 1 is 1.17 bits per heavy atom. The third-order valence-electron chi connectivity index (χ3n) is 7.59. The fraction of sp³-hybridized carbons (Fsp3) is 0.286. The Morgan fingerprint density at radius 2 is 1.98 bits per heavy atom. The van der Waals surface area contributed by atoms with Crippen molar-refractivity contribution in [2.75, 3.05) is 36.4 Å². The average molecular weight is 612 g/mol. The van der Waals surface area contributed by atoms with Crippen molar-refractivity contribution >= 4 is 62.2 Å². The van der Waals surface area contributed by atoms with E-state index in [1.54, 1.807) is 28.7 Å². The van der Waals surface area contributed by atoms with E-state index < -0.39 is 18.1 Å². The largest absolute Gasteiger partial charge is 0.369 e. The zero-order chi connectivity index (χ0) is 28.1. The maximum Gasteiger partial charge on any atom is 0.257 e. The van der Waals surface area contributed by atoms with Gasteiger partial charge >= 0.3 is 0 Å². The van der Waals surface area contributed by atoms with Gasteiger partial charge in [-0.15, -0.1) is 11.3 Å². The maximum atomic E-state index is 14.3. The van der Waals surface area contributed by atoms with Gasteiger partial charge in [0.25, 0.3) is 5.91 Å².